The van der Waals surface area contributed by atoms with E-state index < -0.39 is 0 Å². The van der Waals surface area contributed by atoms with Crippen molar-refractivity contribution in [3.8, 4) is 0 Å². The van der Waals surface area contributed by atoms with Crippen molar-refractivity contribution in [2.24, 2.45) is 0 Å². The lowest BCUT2D eigenvalue weighted by molar-refractivity contribution is -0.130. The van der Waals surface area contributed by atoms with Gasteiger partial charge in [-0.15, -0.1) is 0 Å². The van der Waals surface area contributed by atoms with E-state index in [1.807, 2.05) is 20.8 Å². The van der Waals surface area contributed by atoms with Gasteiger partial charge in [-0.2, -0.15) is 0 Å². The zero-order chi connectivity index (χ0) is 11.2. The van der Waals surface area contributed by atoms with E-state index in [9.17, 15) is 4.79 Å². The molecule has 4 heteroatoms. The van der Waals surface area contributed by atoms with Gasteiger partial charge in [0, 0.05) is 6.54 Å². The van der Waals surface area contributed by atoms with Crippen LogP contribution in [-0.2, 0) is 9.53 Å². The van der Waals surface area contributed by atoms with E-state index >= 15 is 0 Å². The van der Waals surface area contributed by atoms with Gasteiger partial charge in [-0.05, 0) is 39.0 Å². The highest BCUT2D eigenvalue weighted by molar-refractivity contribution is 8.15. The van der Waals surface area contributed by atoms with Crippen molar-refractivity contribution < 1.29 is 9.53 Å². The molecule has 0 fully saturated rings. The maximum absolute atomic E-state index is 11.2. The standard InChI is InChI=1S/C10H23NO2S/c1-10(2,3)13-8-9(12)11-6-7-14(4)5/h14H,6-8H2,1-5H3,(H,11,12). The molecule has 0 aromatic carbocycles. The summed E-state index contributed by atoms with van der Waals surface area (Å²) in [6.45, 7) is 6.76. The molecule has 0 atom stereocenters. The molecular weight excluding hydrogens is 198 g/mol. The van der Waals surface area contributed by atoms with Crippen molar-refractivity contribution in [1.29, 1.82) is 0 Å². The van der Waals surface area contributed by atoms with Crippen molar-refractivity contribution in [1.82, 2.24) is 5.32 Å². The molecule has 0 saturated heterocycles. The highest BCUT2D eigenvalue weighted by Crippen LogP contribution is 2.10. The molecule has 1 N–H and O–H groups in total. The fourth-order valence-electron chi connectivity index (χ4n) is 0.752. The second-order valence-electron chi connectivity index (χ2n) is 4.55. The van der Waals surface area contributed by atoms with Crippen LogP contribution >= 0.6 is 10.9 Å². The van der Waals surface area contributed by atoms with Crippen LogP contribution in [0, 0.1) is 0 Å². The quantitative estimate of drug-likeness (QED) is 0.684. The summed E-state index contributed by atoms with van der Waals surface area (Å²) in [5, 5.41) is 2.84. The summed E-state index contributed by atoms with van der Waals surface area (Å²) in [7, 11) is 0.0815. The Balaban J connectivity index is 3.47. The molecule has 0 heterocycles. The molecule has 0 aliphatic carbocycles. The number of amides is 1. The van der Waals surface area contributed by atoms with E-state index in [1.165, 1.54) is 0 Å². The van der Waals surface area contributed by atoms with Gasteiger partial charge in [-0.1, -0.05) is 0 Å². The van der Waals surface area contributed by atoms with Crippen molar-refractivity contribution in [2.45, 2.75) is 26.4 Å². The molecule has 0 radical (unpaired) electrons. The molecule has 0 aliphatic rings. The Morgan fingerprint density at radius 2 is 1.93 bits per heavy atom. The van der Waals surface area contributed by atoms with Gasteiger partial charge < -0.3 is 10.1 Å². The van der Waals surface area contributed by atoms with E-state index in [1.54, 1.807) is 0 Å². The van der Waals surface area contributed by atoms with Crippen LogP contribution in [0.2, 0.25) is 0 Å². The molecule has 0 spiro atoms. The van der Waals surface area contributed by atoms with Crippen LogP contribution < -0.4 is 5.32 Å². The first-order valence-electron chi connectivity index (χ1n) is 4.86. The molecule has 0 aromatic rings. The number of thiol groups is 1. The Morgan fingerprint density at radius 3 is 2.36 bits per heavy atom. The van der Waals surface area contributed by atoms with Crippen LogP contribution in [0.25, 0.3) is 0 Å². The third-order valence-electron chi connectivity index (χ3n) is 1.52. The zero-order valence-electron chi connectivity index (χ0n) is 9.89. The molecule has 1 amide bonds. The fourth-order valence-corrected chi connectivity index (χ4v) is 1.31. The molecule has 0 aliphatic heterocycles. The second-order valence-corrected chi connectivity index (χ2v) is 7.16. The second kappa shape index (κ2) is 6.30. The van der Waals surface area contributed by atoms with Crippen molar-refractivity contribution in [3.63, 3.8) is 0 Å². The summed E-state index contributed by atoms with van der Waals surface area (Å²) in [4.78, 5) is 11.2. The molecule has 0 bridgehead atoms. The zero-order valence-corrected chi connectivity index (χ0v) is 10.8. The highest BCUT2D eigenvalue weighted by atomic mass is 32.2. The van der Waals surface area contributed by atoms with Gasteiger partial charge in [0.2, 0.25) is 5.91 Å². The van der Waals surface area contributed by atoms with Gasteiger partial charge in [0.15, 0.2) is 0 Å². The normalized spacial score (nSPS) is 12.5. The lowest BCUT2D eigenvalue weighted by Crippen LogP contribution is -2.33. The van der Waals surface area contributed by atoms with E-state index in [4.69, 9.17) is 4.74 Å². The molecule has 14 heavy (non-hydrogen) atoms. The van der Waals surface area contributed by atoms with Gasteiger partial charge >= 0.3 is 0 Å². The van der Waals surface area contributed by atoms with Crippen LogP contribution in [0.4, 0.5) is 0 Å². The van der Waals surface area contributed by atoms with Crippen LogP contribution in [0.1, 0.15) is 20.8 Å². The van der Waals surface area contributed by atoms with Crippen LogP contribution in [0.3, 0.4) is 0 Å². The van der Waals surface area contributed by atoms with E-state index in [-0.39, 0.29) is 29.0 Å². The monoisotopic (exact) mass is 221 g/mol. The number of hydrogen-bond acceptors (Lipinski definition) is 2. The summed E-state index contributed by atoms with van der Waals surface area (Å²) in [6.07, 6.45) is 4.40. The summed E-state index contributed by atoms with van der Waals surface area (Å²) >= 11 is 0. The number of hydrogen-bond donors (Lipinski definition) is 2. The molecule has 0 saturated carbocycles. The predicted molar refractivity (Wildman–Crippen MR) is 64.4 cm³/mol. The first kappa shape index (κ1) is 13.8. The minimum absolute atomic E-state index is 0.0169. The molecular formula is C10H23NO2S. The lowest BCUT2D eigenvalue weighted by atomic mass is 10.2. The van der Waals surface area contributed by atoms with Crippen LogP contribution in [0.15, 0.2) is 0 Å². The minimum Gasteiger partial charge on any atom is -0.366 e. The first-order valence-corrected chi connectivity index (χ1v) is 7.29. The Hall–Kier alpha value is -0.220. The van der Waals surface area contributed by atoms with Gasteiger partial charge in [0.1, 0.15) is 6.61 Å². The molecule has 0 rings (SSSR count). The minimum atomic E-state index is -0.237. The number of carbonyl (C=O) groups is 1. The van der Waals surface area contributed by atoms with Gasteiger partial charge in [0.25, 0.3) is 0 Å². The molecule has 0 unspecified atom stereocenters. The third kappa shape index (κ3) is 9.86. The summed E-state index contributed by atoms with van der Waals surface area (Å²) in [5.74, 6) is 1.06. The van der Waals surface area contributed by atoms with Crippen LogP contribution in [-0.4, -0.2) is 42.9 Å². The Morgan fingerprint density at radius 1 is 1.36 bits per heavy atom. The smallest absolute Gasteiger partial charge is 0.246 e. The van der Waals surface area contributed by atoms with E-state index in [0.717, 1.165) is 12.3 Å². The predicted octanol–water partition coefficient (Wildman–Crippen LogP) is 1.18. The highest BCUT2D eigenvalue weighted by Gasteiger charge is 2.12. The Labute approximate surface area is 89.9 Å². The average molecular weight is 221 g/mol. The van der Waals surface area contributed by atoms with E-state index in [0.29, 0.717) is 0 Å². The number of ether oxygens (including phenoxy) is 1. The number of nitrogens with one attached hydrogen (secondary N) is 1. The van der Waals surface area contributed by atoms with Gasteiger partial charge in [0.05, 0.1) is 5.60 Å². The van der Waals surface area contributed by atoms with Crippen molar-refractivity contribution >= 4 is 16.8 Å². The average Bonchev–Trinajstić information content (AvgIpc) is 1.99. The van der Waals surface area contributed by atoms with Crippen LogP contribution in [0.5, 0.6) is 0 Å². The third-order valence-corrected chi connectivity index (χ3v) is 2.64. The van der Waals surface area contributed by atoms with Crippen molar-refractivity contribution in [3.05, 3.63) is 0 Å². The topological polar surface area (TPSA) is 38.3 Å². The first-order chi connectivity index (χ1) is 6.31. The van der Waals surface area contributed by atoms with Gasteiger partial charge in [-0.3, -0.25) is 15.7 Å². The Kier molecular flexibility index (Phi) is 6.20. The largest absolute Gasteiger partial charge is 0.366 e. The van der Waals surface area contributed by atoms with Gasteiger partial charge in [-0.25, -0.2) is 0 Å². The summed E-state index contributed by atoms with van der Waals surface area (Å²) < 4.78 is 5.34. The maximum atomic E-state index is 11.2. The van der Waals surface area contributed by atoms with E-state index in [2.05, 4.69) is 17.8 Å². The summed E-state index contributed by atoms with van der Waals surface area (Å²) in [5.41, 5.74) is -0.237. The number of rotatable bonds is 5. The number of carbonyl (C=O) groups excluding carboxylic acids is 1. The fraction of sp³-hybridized carbons (Fsp3) is 0.900. The summed E-state index contributed by atoms with van der Waals surface area (Å²) in [6, 6.07) is 0. The molecule has 0 aromatic heterocycles. The van der Waals surface area contributed by atoms with Crippen molar-refractivity contribution in [2.75, 3.05) is 31.4 Å². The Bertz CT molecular complexity index is 175. The molecule has 86 valence electrons. The SMILES string of the molecule is C[SH](C)CCNC(=O)COC(C)(C)C. The lowest BCUT2D eigenvalue weighted by Gasteiger charge is -2.19. The molecule has 3 nitrogen and oxygen atoms in total. The maximum Gasteiger partial charge on any atom is 0.246 e.